The van der Waals surface area contributed by atoms with E-state index >= 15 is 0 Å². The number of anilines is 1. The number of nitrogens with one attached hydrogen (secondary N) is 1. The number of urea groups is 1. The van der Waals surface area contributed by atoms with Gasteiger partial charge in [-0.25, -0.2) is 14.3 Å². The van der Waals surface area contributed by atoms with E-state index in [0.29, 0.717) is 25.5 Å². The average molecular weight is 338 g/mol. The normalized spacial score (nSPS) is 13.8. The van der Waals surface area contributed by atoms with Crippen molar-refractivity contribution in [3.63, 3.8) is 0 Å². The number of carbonyl (C=O) groups excluding carboxylic acids is 1. The van der Waals surface area contributed by atoms with E-state index in [9.17, 15) is 9.59 Å². The summed E-state index contributed by atoms with van der Waals surface area (Å²) in [5, 5.41) is 9.13. The van der Waals surface area contributed by atoms with Crippen LogP contribution in [0.1, 0.15) is 11.5 Å². The first-order chi connectivity index (χ1) is 12.0. The maximum atomic E-state index is 12.7. The van der Waals surface area contributed by atoms with Crippen LogP contribution < -0.4 is 11.0 Å². The van der Waals surface area contributed by atoms with Crippen LogP contribution in [0.3, 0.4) is 0 Å². The summed E-state index contributed by atoms with van der Waals surface area (Å²) in [6, 6.07) is 7.46. The maximum Gasteiger partial charge on any atom is 0.345 e. The number of hydrogen-bond donors (Lipinski definition) is 1. The lowest BCUT2D eigenvalue weighted by Crippen LogP contribution is -2.42. The fourth-order valence-electron chi connectivity index (χ4n) is 3.20. The van der Waals surface area contributed by atoms with Crippen LogP contribution in [0.25, 0.3) is 10.8 Å². The SMILES string of the molecule is Cc1nccc2c(NC(=O)N3CCn4c(nn(C)c4=O)C3)cccc12. The molecular weight excluding hydrogens is 320 g/mol. The Kier molecular flexibility index (Phi) is 3.52. The van der Waals surface area contributed by atoms with E-state index in [4.69, 9.17) is 0 Å². The van der Waals surface area contributed by atoms with Gasteiger partial charge in [-0.15, -0.1) is 0 Å². The van der Waals surface area contributed by atoms with Gasteiger partial charge in [0.05, 0.1) is 12.2 Å². The molecule has 0 bridgehead atoms. The Morgan fingerprint density at radius 2 is 2.04 bits per heavy atom. The fourth-order valence-corrected chi connectivity index (χ4v) is 3.20. The van der Waals surface area contributed by atoms with Crippen molar-refractivity contribution in [2.45, 2.75) is 20.0 Å². The molecule has 0 aliphatic carbocycles. The first-order valence-electron chi connectivity index (χ1n) is 8.07. The largest absolute Gasteiger partial charge is 0.345 e. The van der Waals surface area contributed by atoms with Crippen LogP contribution in [0.2, 0.25) is 0 Å². The number of carbonyl (C=O) groups is 1. The molecule has 128 valence electrons. The van der Waals surface area contributed by atoms with Crippen molar-refractivity contribution in [2.75, 3.05) is 11.9 Å². The lowest BCUT2D eigenvalue weighted by Gasteiger charge is -2.27. The number of aryl methyl sites for hydroxylation is 2. The van der Waals surface area contributed by atoms with Crippen LogP contribution in [-0.4, -0.2) is 36.8 Å². The standard InChI is InChI=1S/C17H18N6O2/c1-11-12-4-3-5-14(13(12)6-7-18-11)19-16(24)22-8-9-23-15(10-22)20-21(2)17(23)25/h3-7H,8-10H2,1-2H3,(H,19,24). The summed E-state index contributed by atoms with van der Waals surface area (Å²) in [5.74, 6) is 0.604. The van der Waals surface area contributed by atoms with Gasteiger partial charge >= 0.3 is 11.7 Å². The van der Waals surface area contributed by atoms with Crippen molar-refractivity contribution in [3.05, 3.63) is 52.5 Å². The molecule has 2 aromatic heterocycles. The summed E-state index contributed by atoms with van der Waals surface area (Å²) in [6.07, 6.45) is 1.74. The van der Waals surface area contributed by atoms with Crippen LogP contribution in [-0.2, 0) is 20.1 Å². The van der Waals surface area contributed by atoms with Gasteiger partial charge in [0.2, 0.25) is 0 Å². The monoisotopic (exact) mass is 338 g/mol. The molecule has 3 aromatic rings. The summed E-state index contributed by atoms with van der Waals surface area (Å²) >= 11 is 0. The third-order valence-electron chi connectivity index (χ3n) is 4.54. The van der Waals surface area contributed by atoms with Gasteiger partial charge < -0.3 is 10.2 Å². The molecule has 0 spiro atoms. The molecule has 0 unspecified atom stereocenters. The molecule has 3 heterocycles. The number of amides is 2. The predicted octanol–water partition coefficient (Wildman–Crippen LogP) is 1.49. The molecule has 1 aromatic carbocycles. The highest BCUT2D eigenvalue weighted by Gasteiger charge is 2.24. The molecule has 0 fully saturated rings. The number of benzene rings is 1. The Labute approximate surface area is 143 Å². The summed E-state index contributed by atoms with van der Waals surface area (Å²) in [7, 11) is 1.62. The van der Waals surface area contributed by atoms with Gasteiger partial charge in [0, 0.05) is 42.8 Å². The van der Waals surface area contributed by atoms with Crippen molar-refractivity contribution >= 4 is 22.5 Å². The van der Waals surface area contributed by atoms with E-state index in [2.05, 4.69) is 15.4 Å². The van der Waals surface area contributed by atoms with Crippen molar-refractivity contribution in [2.24, 2.45) is 7.05 Å². The van der Waals surface area contributed by atoms with E-state index in [0.717, 1.165) is 22.2 Å². The molecule has 0 atom stereocenters. The van der Waals surface area contributed by atoms with Crippen LogP contribution in [0.15, 0.2) is 35.3 Å². The van der Waals surface area contributed by atoms with Gasteiger partial charge in [0.15, 0.2) is 5.82 Å². The van der Waals surface area contributed by atoms with Gasteiger partial charge in [0.25, 0.3) is 0 Å². The Morgan fingerprint density at radius 3 is 2.88 bits per heavy atom. The fraction of sp³-hybridized carbons (Fsp3) is 0.294. The highest BCUT2D eigenvalue weighted by atomic mass is 16.2. The highest BCUT2D eigenvalue weighted by molar-refractivity contribution is 6.02. The van der Waals surface area contributed by atoms with E-state index in [1.807, 2.05) is 31.2 Å². The summed E-state index contributed by atoms with van der Waals surface area (Å²) in [5.41, 5.74) is 1.52. The number of rotatable bonds is 1. The zero-order chi connectivity index (χ0) is 17.6. The van der Waals surface area contributed by atoms with Crippen LogP contribution in [0.4, 0.5) is 10.5 Å². The predicted molar refractivity (Wildman–Crippen MR) is 93.4 cm³/mol. The number of pyridine rings is 1. The highest BCUT2D eigenvalue weighted by Crippen LogP contribution is 2.25. The second kappa shape index (κ2) is 5.73. The van der Waals surface area contributed by atoms with Crippen molar-refractivity contribution in [1.29, 1.82) is 0 Å². The van der Waals surface area contributed by atoms with Gasteiger partial charge in [0.1, 0.15) is 0 Å². The molecule has 8 heteroatoms. The summed E-state index contributed by atoms with van der Waals surface area (Å²) < 4.78 is 2.91. The van der Waals surface area contributed by atoms with Crippen molar-refractivity contribution in [1.82, 2.24) is 24.2 Å². The summed E-state index contributed by atoms with van der Waals surface area (Å²) in [4.78, 5) is 30.5. The van der Waals surface area contributed by atoms with Crippen molar-refractivity contribution in [3.8, 4) is 0 Å². The van der Waals surface area contributed by atoms with Gasteiger partial charge in [-0.2, -0.15) is 5.10 Å². The Hall–Kier alpha value is -3.16. The van der Waals surface area contributed by atoms with Crippen molar-refractivity contribution < 1.29 is 4.79 Å². The molecule has 4 rings (SSSR count). The first-order valence-corrected chi connectivity index (χ1v) is 8.07. The van der Waals surface area contributed by atoms with Gasteiger partial charge in [-0.3, -0.25) is 9.55 Å². The minimum atomic E-state index is -0.202. The number of aromatic nitrogens is 4. The molecule has 8 nitrogen and oxygen atoms in total. The van der Waals surface area contributed by atoms with Gasteiger partial charge in [-0.05, 0) is 19.1 Å². The molecule has 1 aliphatic rings. The molecule has 25 heavy (non-hydrogen) atoms. The zero-order valence-electron chi connectivity index (χ0n) is 14.1. The Balaban J connectivity index is 1.59. The first kappa shape index (κ1) is 15.4. The molecule has 0 saturated heterocycles. The van der Waals surface area contributed by atoms with E-state index in [1.165, 1.54) is 4.68 Å². The van der Waals surface area contributed by atoms with Gasteiger partial charge in [-0.1, -0.05) is 12.1 Å². The lowest BCUT2D eigenvalue weighted by atomic mass is 10.1. The van der Waals surface area contributed by atoms with E-state index < -0.39 is 0 Å². The third kappa shape index (κ3) is 2.55. The minimum Gasteiger partial charge on any atom is -0.315 e. The molecular formula is C17H18N6O2. The number of nitrogens with zero attached hydrogens (tertiary/aromatic N) is 5. The maximum absolute atomic E-state index is 12.7. The topological polar surface area (TPSA) is 85.1 Å². The molecule has 2 amide bonds. The Bertz CT molecular complexity index is 1040. The van der Waals surface area contributed by atoms with E-state index in [1.54, 1.807) is 22.7 Å². The molecule has 1 aliphatic heterocycles. The molecule has 0 saturated carbocycles. The Morgan fingerprint density at radius 1 is 1.20 bits per heavy atom. The number of fused-ring (bicyclic) bond motifs is 2. The lowest BCUT2D eigenvalue weighted by molar-refractivity contribution is 0.195. The van der Waals surface area contributed by atoms with Crippen LogP contribution in [0.5, 0.6) is 0 Å². The zero-order valence-corrected chi connectivity index (χ0v) is 14.1. The minimum absolute atomic E-state index is 0.146. The number of hydrogen-bond acceptors (Lipinski definition) is 4. The van der Waals surface area contributed by atoms with Crippen LogP contribution >= 0.6 is 0 Å². The molecule has 0 radical (unpaired) electrons. The smallest absolute Gasteiger partial charge is 0.315 e. The second-order valence-corrected chi connectivity index (χ2v) is 6.12. The summed E-state index contributed by atoms with van der Waals surface area (Å²) in [6.45, 7) is 3.18. The molecule has 1 N–H and O–H groups in total. The van der Waals surface area contributed by atoms with E-state index in [-0.39, 0.29) is 11.7 Å². The average Bonchev–Trinajstić information content (AvgIpc) is 2.89. The third-order valence-corrected chi connectivity index (χ3v) is 4.54. The second-order valence-electron chi connectivity index (χ2n) is 6.12. The van der Waals surface area contributed by atoms with Crippen LogP contribution in [0, 0.1) is 6.92 Å². The quantitative estimate of drug-likeness (QED) is 0.728.